The molecule has 0 spiro atoms. The van der Waals surface area contributed by atoms with Crippen molar-refractivity contribution in [2.75, 3.05) is 13.2 Å². The van der Waals surface area contributed by atoms with E-state index in [-0.39, 0.29) is 17.7 Å². The number of nitrogens with one attached hydrogen (secondary N) is 1. The van der Waals surface area contributed by atoms with Crippen molar-refractivity contribution in [2.24, 2.45) is 0 Å². The van der Waals surface area contributed by atoms with Gasteiger partial charge >= 0.3 is 0 Å². The molecule has 1 saturated heterocycles. The molecule has 1 fully saturated rings. The summed E-state index contributed by atoms with van der Waals surface area (Å²) in [6, 6.07) is 1.57. The molecule has 1 aromatic carbocycles. The Kier molecular flexibility index (Phi) is 5.08. The molecule has 1 aromatic rings. The molecule has 0 aromatic heterocycles. The van der Waals surface area contributed by atoms with Crippen LogP contribution in [0.5, 0.6) is 0 Å². The third-order valence-corrected chi connectivity index (χ3v) is 4.83. The highest BCUT2D eigenvalue weighted by Crippen LogP contribution is 2.27. The molecule has 2 rings (SSSR count). The summed E-state index contributed by atoms with van der Waals surface area (Å²) in [6.07, 6.45) is 1.61. The standard InChI is InChI=1S/C12H12Cl2FNO4S/c13-9-5-10(15)8(4-11(9)21(14,18)19)12(17)16-6-7-2-1-3-20-7/h4-5,7H,1-3,6H2,(H,16,17). The molecule has 21 heavy (non-hydrogen) atoms. The number of benzene rings is 1. The number of hydrogen-bond donors (Lipinski definition) is 1. The summed E-state index contributed by atoms with van der Waals surface area (Å²) < 4.78 is 41.7. The highest BCUT2D eigenvalue weighted by molar-refractivity contribution is 8.13. The summed E-state index contributed by atoms with van der Waals surface area (Å²) in [6.45, 7) is 0.855. The van der Waals surface area contributed by atoms with E-state index < -0.39 is 31.2 Å². The lowest BCUT2D eigenvalue weighted by Gasteiger charge is -2.12. The Morgan fingerprint density at radius 1 is 1.48 bits per heavy atom. The quantitative estimate of drug-likeness (QED) is 0.841. The number of halogens is 3. The number of rotatable bonds is 4. The summed E-state index contributed by atoms with van der Waals surface area (Å²) in [5.74, 6) is -1.67. The van der Waals surface area contributed by atoms with Crippen LogP contribution in [0.3, 0.4) is 0 Å². The van der Waals surface area contributed by atoms with Crippen molar-refractivity contribution in [3.8, 4) is 0 Å². The monoisotopic (exact) mass is 355 g/mol. The summed E-state index contributed by atoms with van der Waals surface area (Å²) >= 11 is 5.62. The SMILES string of the molecule is O=C(NCC1CCCO1)c1cc(S(=O)(=O)Cl)c(Cl)cc1F. The first-order valence-electron chi connectivity index (χ1n) is 6.12. The van der Waals surface area contributed by atoms with Crippen LogP contribution in [0.4, 0.5) is 4.39 Å². The maximum Gasteiger partial charge on any atom is 0.262 e. The summed E-state index contributed by atoms with van der Waals surface area (Å²) in [4.78, 5) is 11.4. The predicted octanol–water partition coefficient (Wildman–Crippen LogP) is 2.32. The molecule has 1 atom stereocenters. The van der Waals surface area contributed by atoms with Gasteiger partial charge in [0.1, 0.15) is 10.7 Å². The van der Waals surface area contributed by atoms with Crippen LogP contribution < -0.4 is 5.32 Å². The Bertz CT molecular complexity index is 659. The van der Waals surface area contributed by atoms with Gasteiger partial charge in [0.15, 0.2) is 0 Å². The fraction of sp³-hybridized carbons (Fsp3) is 0.417. The zero-order chi connectivity index (χ0) is 15.6. The minimum absolute atomic E-state index is 0.111. The van der Waals surface area contributed by atoms with Crippen molar-refractivity contribution in [3.05, 3.63) is 28.5 Å². The van der Waals surface area contributed by atoms with Crippen molar-refractivity contribution in [1.82, 2.24) is 5.32 Å². The second kappa shape index (κ2) is 6.48. The van der Waals surface area contributed by atoms with E-state index in [0.717, 1.165) is 25.0 Å². The molecule has 0 radical (unpaired) electrons. The average molecular weight is 356 g/mol. The van der Waals surface area contributed by atoms with Crippen LogP contribution in [0.15, 0.2) is 17.0 Å². The fourth-order valence-electron chi connectivity index (χ4n) is 2.00. The van der Waals surface area contributed by atoms with E-state index in [1.807, 2.05) is 0 Å². The Morgan fingerprint density at radius 3 is 2.76 bits per heavy atom. The van der Waals surface area contributed by atoms with Crippen LogP contribution in [0.1, 0.15) is 23.2 Å². The van der Waals surface area contributed by atoms with E-state index in [9.17, 15) is 17.6 Å². The van der Waals surface area contributed by atoms with Crippen LogP contribution >= 0.6 is 22.3 Å². The normalized spacial score (nSPS) is 18.7. The largest absolute Gasteiger partial charge is 0.376 e. The zero-order valence-corrected chi connectivity index (χ0v) is 13.1. The molecular formula is C12H12Cl2FNO4S. The topological polar surface area (TPSA) is 72.5 Å². The third-order valence-electron chi connectivity index (χ3n) is 3.04. The van der Waals surface area contributed by atoms with Gasteiger partial charge in [-0.1, -0.05) is 11.6 Å². The number of carbonyl (C=O) groups is 1. The molecule has 1 N–H and O–H groups in total. The zero-order valence-electron chi connectivity index (χ0n) is 10.7. The first kappa shape index (κ1) is 16.5. The first-order chi connectivity index (χ1) is 9.79. The van der Waals surface area contributed by atoms with E-state index in [4.69, 9.17) is 27.0 Å². The number of carbonyl (C=O) groups excluding carboxylic acids is 1. The predicted molar refractivity (Wildman–Crippen MR) is 75.8 cm³/mol. The highest BCUT2D eigenvalue weighted by atomic mass is 35.7. The van der Waals surface area contributed by atoms with Gasteiger partial charge in [-0.15, -0.1) is 0 Å². The molecule has 0 saturated carbocycles. The van der Waals surface area contributed by atoms with Crippen LogP contribution in [0, 0.1) is 5.82 Å². The summed E-state index contributed by atoms with van der Waals surface area (Å²) in [5.41, 5.74) is -0.434. The van der Waals surface area contributed by atoms with Crippen LogP contribution in [0.25, 0.3) is 0 Å². The summed E-state index contributed by atoms with van der Waals surface area (Å²) in [5, 5.41) is 2.12. The van der Waals surface area contributed by atoms with Gasteiger partial charge in [0, 0.05) is 23.8 Å². The smallest absolute Gasteiger partial charge is 0.262 e. The molecule has 1 aliphatic rings. The second-order valence-corrected chi connectivity index (χ2v) is 7.49. The fourth-order valence-corrected chi connectivity index (χ4v) is 3.50. The van der Waals surface area contributed by atoms with Gasteiger partial charge in [-0.05, 0) is 25.0 Å². The lowest BCUT2D eigenvalue weighted by molar-refractivity contribution is 0.0854. The van der Waals surface area contributed by atoms with E-state index in [2.05, 4.69) is 5.32 Å². The van der Waals surface area contributed by atoms with Crippen molar-refractivity contribution in [2.45, 2.75) is 23.8 Å². The minimum Gasteiger partial charge on any atom is -0.376 e. The van der Waals surface area contributed by atoms with Crippen LogP contribution in [0.2, 0.25) is 5.02 Å². The number of amides is 1. The van der Waals surface area contributed by atoms with E-state index in [1.165, 1.54) is 0 Å². The van der Waals surface area contributed by atoms with E-state index in [0.29, 0.717) is 6.61 Å². The van der Waals surface area contributed by atoms with Gasteiger partial charge in [0.25, 0.3) is 15.0 Å². The molecule has 9 heteroatoms. The Balaban J connectivity index is 2.20. The second-order valence-electron chi connectivity index (χ2n) is 4.55. The van der Waals surface area contributed by atoms with Crippen molar-refractivity contribution < 1.29 is 22.3 Å². The van der Waals surface area contributed by atoms with Crippen molar-refractivity contribution in [1.29, 1.82) is 0 Å². The van der Waals surface area contributed by atoms with Gasteiger partial charge in [-0.2, -0.15) is 0 Å². The molecular weight excluding hydrogens is 344 g/mol. The van der Waals surface area contributed by atoms with E-state index in [1.54, 1.807) is 0 Å². The van der Waals surface area contributed by atoms with Crippen molar-refractivity contribution in [3.63, 3.8) is 0 Å². The number of hydrogen-bond acceptors (Lipinski definition) is 4. The van der Waals surface area contributed by atoms with E-state index >= 15 is 0 Å². The van der Waals surface area contributed by atoms with Gasteiger partial charge in [0.2, 0.25) is 0 Å². The molecule has 116 valence electrons. The van der Waals surface area contributed by atoms with Gasteiger partial charge in [-0.25, -0.2) is 12.8 Å². The summed E-state index contributed by atoms with van der Waals surface area (Å²) in [7, 11) is 1.02. The first-order valence-corrected chi connectivity index (χ1v) is 8.81. The highest BCUT2D eigenvalue weighted by Gasteiger charge is 2.23. The molecule has 1 amide bonds. The van der Waals surface area contributed by atoms with Gasteiger partial charge < -0.3 is 10.1 Å². The lowest BCUT2D eigenvalue weighted by atomic mass is 10.2. The molecule has 0 aliphatic carbocycles. The molecule has 1 aliphatic heterocycles. The maximum atomic E-state index is 13.8. The average Bonchev–Trinajstić information content (AvgIpc) is 2.87. The van der Waals surface area contributed by atoms with Crippen LogP contribution in [-0.4, -0.2) is 33.6 Å². The van der Waals surface area contributed by atoms with Gasteiger partial charge in [-0.3, -0.25) is 4.79 Å². The number of ether oxygens (including phenoxy) is 1. The lowest BCUT2D eigenvalue weighted by Crippen LogP contribution is -2.32. The molecule has 1 heterocycles. The Labute approximate surface area is 130 Å². The van der Waals surface area contributed by atoms with Gasteiger partial charge in [0.05, 0.1) is 16.7 Å². The Morgan fingerprint density at radius 2 is 2.19 bits per heavy atom. The maximum absolute atomic E-state index is 13.8. The molecule has 1 unspecified atom stereocenters. The van der Waals surface area contributed by atoms with Crippen molar-refractivity contribution >= 4 is 37.2 Å². The van der Waals surface area contributed by atoms with Crippen LogP contribution in [-0.2, 0) is 13.8 Å². The molecule has 0 bridgehead atoms. The third kappa shape index (κ3) is 4.06. The minimum atomic E-state index is -4.17. The molecule has 5 nitrogen and oxygen atoms in total. The Hall–Kier alpha value is -0.890.